The topological polar surface area (TPSA) is 101 Å². The largest absolute Gasteiger partial charge is 0.481 e. The highest BCUT2D eigenvalue weighted by Crippen LogP contribution is 2.67. The number of nitrogens with zero attached hydrogens (tertiary/aromatic N) is 3. The van der Waals surface area contributed by atoms with Crippen LogP contribution in [0.3, 0.4) is 0 Å². The van der Waals surface area contributed by atoms with Crippen LogP contribution >= 0.6 is 11.6 Å². The number of amides is 1. The van der Waals surface area contributed by atoms with E-state index in [1.165, 1.54) is 23.1 Å². The van der Waals surface area contributed by atoms with Crippen molar-refractivity contribution >= 4 is 23.5 Å². The number of rotatable bonds is 7. The average Bonchev–Trinajstić information content (AvgIpc) is 3.30. The summed E-state index contributed by atoms with van der Waals surface area (Å²) in [5, 5.41) is 13.6. The van der Waals surface area contributed by atoms with Crippen LogP contribution in [0.5, 0.6) is 0 Å². The van der Waals surface area contributed by atoms with E-state index in [-0.39, 0.29) is 54.3 Å². The molecule has 5 rings (SSSR count). The Balaban J connectivity index is 1.47. The summed E-state index contributed by atoms with van der Waals surface area (Å²) in [6, 6.07) is 1.98. The molecule has 1 heterocycles. The molecule has 3 N–H and O–H groups in total. The minimum atomic E-state index is -4.89. The summed E-state index contributed by atoms with van der Waals surface area (Å²) in [6.07, 6.45) is -1.95. The van der Waals surface area contributed by atoms with Crippen LogP contribution in [0.4, 0.5) is 17.6 Å². The lowest BCUT2D eigenvalue weighted by molar-refractivity contribution is -0.152. The van der Waals surface area contributed by atoms with Gasteiger partial charge < -0.3 is 15.7 Å². The molecule has 3 aliphatic carbocycles. The minimum absolute atomic E-state index is 0.00544. The highest BCUT2D eigenvalue weighted by molar-refractivity contribution is 6.31. The number of carbonyl (C=O) groups is 2. The van der Waals surface area contributed by atoms with Gasteiger partial charge in [0.25, 0.3) is 5.91 Å². The summed E-state index contributed by atoms with van der Waals surface area (Å²) in [5.41, 5.74) is 3.72. The second-order valence-electron chi connectivity index (χ2n) is 12.8. The Hall–Kier alpha value is -2.66. The molecule has 7 nitrogen and oxygen atoms in total. The van der Waals surface area contributed by atoms with Crippen LogP contribution < -0.4 is 5.73 Å². The fourth-order valence-corrected chi connectivity index (χ4v) is 7.53. The number of carbonyl (C=O) groups excluding carboxylic acids is 1. The molecule has 3 aliphatic rings. The number of fused-ring (bicyclic) bond motifs is 1. The Kier molecular flexibility index (Phi) is 7.46. The van der Waals surface area contributed by atoms with Crippen LogP contribution in [0.15, 0.2) is 24.4 Å². The van der Waals surface area contributed by atoms with Gasteiger partial charge in [0.05, 0.1) is 29.3 Å². The molecule has 1 aromatic carbocycles. The first-order valence-electron chi connectivity index (χ1n) is 13.9. The van der Waals surface area contributed by atoms with E-state index in [4.69, 9.17) is 17.3 Å². The molecule has 224 valence electrons. The molecule has 1 unspecified atom stereocenters. The number of hydrogen-bond acceptors (Lipinski definition) is 4. The molecule has 2 aromatic rings. The zero-order valence-corrected chi connectivity index (χ0v) is 24.0. The summed E-state index contributed by atoms with van der Waals surface area (Å²) < 4.78 is 59.2. The van der Waals surface area contributed by atoms with Crippen molar-refractivity contribution in [2.45, 2.75) is 83.6 Å². The standard InChI is InChI=1S/C29H35ClF4N4O3/c1-27(2)18-11-16(12-19(18)27)37(14-22(35)23-20(30)5-4-6-21(23)31)25(39)17-13-36-38(24(17)29(32,33)34)15-7-9-28(3,10-8-15)26(40)41/h4-6,13,15-16,18-19,22H,7-12,14,35H2,1-3H3,(H,40,41)/t15?,16-,18+,19-,22?,28?. The Morgan fingerprint density at radius 2 is 1.80 bits per heavy atom. The second kappa shape index (κ2) is 10.3. The van der Waals surface area contributed by atoms with Crippen molar-refractivity contribution in [3.63, 3.8) is 0 Å². The quantitative estimate of drug-likeness (QED) is 0.355. The van der Waals surface area contributed by atoms with Crippen LogP contribution in [0.25, 0.3) is 0 Å². The third-order valence-corrected chi connectivity index (χ3v) is 10.4. The van der Waals surface area contributed by atoms with Crippen LogP contribution in [0, 0.1) is 28.5 Å². The average molecular weight is 599 g/mol. The number of benzene rings is 1. The minimum Gasteiger partial charge on any atom is -0.481 e. The van der Waals surface area contributed by atoms with E-state index in [0.29, 0.717) is 24.7 Å². The molecular formula is C29H35ClF4N4O3. The molecule has 4 atom stereocenters. The van der Waals surface area contributed by atoms with E-state index < -0.39 is 52.6 Å². The number of aliphatic carboxylic acids is 1. The second-order valence-corrected chi connectivity index (χ2v) is 13.2. The van der Waals surface area contributed by atoms with Gasteiger partial charge in [-0.3, -0.25) is 14.3 Å². The van der Waals surface area contributed by atoms with Crippen LogP contribution in [0.1, 0.15) is 93.0 Å². The van der Waals surface area contributed by atoms with Crippen molar-refractivity contribution in [2.24, 2.45) is 28.4 Å². The smallest absolute Gasteiger partial charge is 0.433 e. The van der Waals surface area contributed by atoms with Crippen LogP contribution in [0.2, 0.25) is 5.02 Å². The summed E-state index contributed by atoms with van der Waals surface area (Å²) in [4.78, 5) is 27.0. The van der Waals surface area contributed by atoms with Gasteiger partial charge in [-0.25, -0.2) is 4.39 Å². The fraction of sp³-hybridized carbons (Fsp3) is 0.621. The van der Waals surface area contributed by atoms with Gasteiger partial charge in [0.2, 0.25) is 0 Å². The number of nitrogens with two attached hydrogens (primary N) is 1. The molecule has 3 saturated carbocycles. The number of halogens is 5. The van der Waals surface area contributed by atoms with Gasteiger partial charge in [-0.2, -0.15) is 18.3 Å². The lowest BCUT2D eigenvalue weighted by atomic mass is 9.74. The fourth-order valence-electron chi connectivity index (χ4n) is 7.23. The van der Waals surface area contributed by atoms with Gasteiger partial charge in [-0.05, 0) is 74.8 Å². The van der Waals surface area contributed by atoms with E-state index in [1.54, 1.807) is 6.92 Å². The van der Waals surface area contributed by atoms with Crippen molar-refractivity contribution in [3.8, 4) is 0 Å². The van der Waals surface area contributed by atoms with E-state index in [2.05, 4.69) is 18.9 Å². The Bertz CT molecular complexity index is 1320. The highest BCUT2D eigenvalue weighted by Gasteiger charge is 2.63. The SMILES string of the molecule is CC1(C(=O)O)CCC(n2ncc(C(=O)N(CC(N)c3c(F)cccc3Cl)[C@H]3C[C@@H]4[C@H](C3)C4(C)C)c2C(F)(F)F)CC1. The molecular weight excluding hydrogens is 564 g/mol. The number of alkyl halides is 3. The van der Waals surface area contributed by atoms with Crippen molar-refractivity contribution in [2.75, 3.05) is 6.54 Å². The first-order valence-corrected chi connectivity index (χ1v) is 14.3. The normalized spacial score (nSPS) is 29.6. The molecule has 1 aromatic heterocycles. The molecule has 0 spiro atoms. The van der Waals surface area contributed by atoms with E-state index in [0.717, 1.165) is 10.9 Å². The molecule has 0 radical (unpaired) electrons. The number of carboxylic acid groups (broad SMARTS) is 1. The number of hydrogen-bond donors (Lipinski definition) is 2. The zero-order chi connectivity index (χ0) is 30.1. The van der Waals surface area contributed by atoms with Crippen molar-refractivity contribution in [1.29, 1.82) is 0 Å². The lowest BCUT2D eigenvalue weighted by Crippen LogP contribution is -2.45. The van der Waals surface area contributed by atoms with Gasteiger partial charge in [0, 0.05) is 23.2 Å². The van der Waals surface area contributed by atoms with Crippen LogP contribution in [-0.2, 0) is 11.0 Å². The molecule has 3 fully saturated rings. The first kappa shape index (κ1) is 29.8. The molecule has 12 heteroatoms. The third-order valence-electron chi connectivity index (χ3n) is 10.0. The van der Waals surface area contributed by atoms with Crippen LogP contribution in [-0.4, -0.2) is 44.3 Å². The molecule has 0 aliphatic heterocycles. The molecule has 1 amide bonds. The van der Waals surface area contributed by atoms with E-state index in [1.807, 2.05) is 0 Å². The maximum absolute atomic E-state index is 14.7. The highest BCUT2D eigenvalue weighted by atomic mass is 35.5. The summed E-state index contributed by atoms with van der Waals surface area (Å²) in [6.45, 7) is 5.65. The Morgan fingerprint density at radius 1 is 1.20 bits per heavy atom. The summed E-state index contributed by atoms with van der Waals surface area (Å²) in [5.74, 6) is -1.81. The van der Waals surface area contributed by atoms with E-state index >= 15 is 0 Å². The predicted octanol–water partition coefficient (Wildman–Crippen LogP) is 6.48. The number of carboxylic acids is 1. The van der Waals surface area contributed by atoms with Crippen molar-refractivity contribution < 1.29 is 32.3 Å². The predicted molar refractivity (Wildman–Crippen MR) is 144 cm³/mol. The van der Waals surface area contributed by atoms with Gasteiger partial charge in [0.15, 0.2) is 5.69 Å². The van der Waals surface area contributed by atoms with Gasteiger partial charge in [-0.1, -0.05) is 31.5 Å². The molecule has 0 bridgehead atoms. The monoisotopic (exact) mass is 598 g/mol. The first-order chi connectivity index (χ1) is 19.1. The lowest BCUT2D eigenvalue weighted by Gasteiger charge is -2.35. The molecule has 41 heavy (non-hydrogen) atoms. The third kappa shape index (κ3) is 5.24. The van der Waals surface area contributed by atoms with Gasteiger partial charge >= 0.3 is 12.1 Å². The van der Waals surface area contributed by atoms with Gasteiger partial charge in [-0.15, -0.1) is 0 Å². The van der Waals surface area contributed by atoms with E-state index in [9.17, 15) is 32.3 Å². The summed E-state index contributed by atoms with van der Waals surface area (Å²) in [7, 11) is 0. The van der Waals surface area contributed by atoms with Gasteiger partial charge in [0.1, 0.15) is 5.82 Å². The summed E-state index contributed by atoms with van der Waals surface area (Å²) >= 11 is 6.22. The Labute approximate surface area is 241 Å². The maximum Gasteiger partial charge on any atom is 0.433 e. The maximum atomic E-state index is 14.7. The Morgan fingerprint density at radius 3 is 2.34 bits per heavy atom. The number of aromatic nitrogens is 2. The van der Waals surface area contributed by atoms with Crippen molar-refractivity contribution in [3.05, 3.63) is 52.1 Å². The van der Waals surface area contributed by atoms with Crippen molar-refractivity contribution in [1.82, 2.24) is 14.7 Å². The zero-order valence-electron chi connectivity index (χ0n) is 23.2. The molecule has 0 saturated heterocycles.